The Balaban J connectivity index is 1.81. The fourth-order valence-electron chi connectivity index (χ4n) is 4.58. The SMILES string of the molecule is COc1c(C)cc(O)cc1CC=C(C)CCC=C(C)CC[C@H](O)[C@@]1(C)CC[C@H](C(C)(C)O)O1. The van der Waals surface area contributed by atoms with Gasteiger partial charge in [0.2, 0.25) is 0 Å². The summed E-state index contributed by atoms with van der Waals surface area (Å²) < 4.78 is 11.6. The summed E-state index contributed by atoms with van der Waals surface area (Å²) in [6.45, 7) is 11.7. The third-order valence-electron chi connectivity index (χ3n) is 6.86. The van der Waals surface area contributed by atoms with Crippen LogP contribution in [-0.2, 0) is 11.2 Å². The Bertz CT molecular complexity index is 849. The van der Waals surface area contributed by atoms with Gasteiger partial charge in [-0.05, 0) is 104 Å². The minimum absolute atomic E-state index is 0.229. The zero-order chi connectivity index (χ0) is 24.8. The van der Waals surface area contributed by atoms with E-state index in [2.05, 4.69) is 26.0 Å². The van der Waals surface area contributed by atoms with Crippen molar-refractivity contribution in [1.82, 2.24) is 0 Å². The molecule has 1 saturated heterocycles. The van der Waals surface area contributed by atoms with Crippen LogP contribution in [0, 0.1) is 6.92 Å². The van der Waals surface area contributed by atoms with E-state index in [0.717, 1.165) is 55.4 Å². The summed E-state index contributed by atoms with van der Waals surface area (Å²) in [6, 6.07) is 3.48. The van der Waals surface area contributed by atoms with Crippen LogP contribution >= 0.6 is 0 Å². The lowest BCUT2D eigenvalue weighted by atomic mass is 9.90. The molecule has 186 valence electrons. The van der Waals surface area contributed by atoms with Crippen LogP contribution in [0.25, 0.3) is 0 Å². The van der Waals surface area contributed by atoms with E-state index in [-0.39, 0.29) is 11.9 Å². The number of aliphatic hydroxyl groups excluding tert-OH is 1. The Morgan fingerprint density at radius 1 is 1.24 bits per heavy atom. The summed E-state index contributed by atoms with van der Waals surface area (Å²) in [4.78, 5) is 0. The van der Waals surface area contributed by atoms with Gasteiger partial charge in [0.25, 0.3) is 0 Å². The lowest BCUT2D eigenvalue weighted by Gasteiger charge is -2.33. The van der Waals surface area contributed by atoms with Crippen LogP contribution in [0.3, 0.4) is 0 Å². The maximum absolute atomic E-state index is 10.7. The monoisotopic (exact) mass is 460 g/mol. The molecule has 1 heterocycles. The number of phenols is 1. The van der Waals surface area contributed by atoms with Gasteiger partial charge in [0, 0.05) is 5.56 Å². The van der Waals surface area contributed by atoms with Crippen LogP contribution in [0.15, 0.2) is 35.4 Å². The van der Waals surface area contributed by atoms with Gasteiger partial charge in [-0.2, -0.15) is 0 Å². The topological polar surface area (TPSA) is 79.2 Å². The van der Waals surface area contributed by atoms with Crippen molar-refractivity contribution in [3.8, 4) is 11.5 Å². The van der Waals surface area contributed by atoms with Crippen LogP contribution in [0.4, 0.5) is 0 Å². The molecule has 5 heteroatoms. The van der Waals surface area contributed by atoms with Gasteiger partial charge >= 0.3 is 0 Å². The van der Waals surface area contributed by atoms with Gasteiger partial charge in [0.05, 0.1) is 30.5 Å². The lowest BCUT2D eigenvalue weighted by molar-refractivity contribution is -0.153. The van der Waals surface area contributed by atoms with Gasteiger partial charge in [-0.25, -0.2) is 0 Å². The molecule has 1 aromatic carbocycles. The quantitative estimate of drug-likeness (QED) is 0.365. The van der Waals surface area contributed by atoms with E-state index in [0.29, 0.717) is 6.42 Å². The molecule has 1 fully saturated rings. The molecular formula is C28H44O5. The van der Waals surface area contributed by atoms with Crippen LogP contribution in [0.2, 0.25) is 0 Å². The van der Waals surface area contributed by atoms with Crippen LogP contribution in [-0.4, -0.2) is 45.8 Å². The summed E-state index contributed by atoms with van der Waals surface area (Å²) in [5.41, 5.74) is 3.02. The number of hydrogen-bond donors (Lipinski definition) is 3. The van der Waals surface area contributed by atoms with Crippen LogP contribution < -0.4 is 4.74 Å². The highest BCUT2D eigenvalue weighted by Crippen LogP contribution is 2.38. The van der Waals surface area contributed by atoms with Crippen molar-refractivity contribution in [3.63, 3.8) is 0 Å². The van der Waals surface area contributed by atoms with Crippen molar-refractivity contribution < 1.29 is 24.8 Å². The van der Waals surface area contributed by atoms with Crippen molar-refractivity contribution in [2.24, 2.45) is 0 Å². The molecule has 2 rings (SSSR count). The molecular weight excluding hydrogens is 416 g/mol. The van der Waals surface area contributed by atoms with E-state index in [1.807, 2.05) is 13.8 Å². The van der Waals surface area contributed by atoms with Gasteiger partial charge in [0.15, 0.2) is 0 Å². The van der Waals surface area contributed by atoms with Gasteiger partial charge < -0.3 is 24.8 Å². The number of aliphatic hydroxyl groups is 2. The van der Waals surface area contributed by atoms with Gasteiger partial charge in [-0.15, -0.1) is 0 Å². The second-order valence-corrected chi connectivity index (χ2v) is 10.5. The Hall–Kier alpha value is -1.82. The first-order valence-corrected chi connectivity index (χ1v) is 12.1. The maximum Gasteiger partial charge on any atom is 0.125 e. The normalized spacial score (nSPS) is 23.1. The van der Waals surface area contributed by atoms with E-state index >= 15 is 0 Å². The highest BCUT2D eigenvalue weighted by Gasteiger charge is 2.46. The van der Waals surface area contributed by atoms with Gasteiger partial charge in [-0.3, -0.25) is 0 Å². The average Bonchev–Trinajstić information content (AvgIpc) is 3.14. The van der Waals surface area contributed by atoms with Gasteiger partial charge in [0.1, 0.15) is 11.5 Å². The molecule has 0 unspecified atom stereocenters. The first-order chi connectivity index (χ1) is 15.4. The van der Waals surface area contributed by atoms with Crippen molar-refractivity contribution in [2.45, 2.75) is 110 Å². The molecule has 0 bridgehead atoms. The first-order valence-electron chi connectivity index (χ1n) is 12.1. The highest BCUT2D eigenvalue weighted by molar-refractivity contribution is 5.47. The highest BCUT2D eigenvalue weighted by atomic mass is 16.5. The largest absolute Gasteiger partial charge is 0.508 e. The Kier molecular flexibility index (Phi) is 9.59. The fourth-order valence-corrected chi connectivity index (χ4v) is 4.58. The summed E-state index contributed by atoms with van der Waals surface area (Å²) >= 11 is 0. The molecule has 0 amide bonds. The Labute approximate surface area is 200 Å². The molecule has 0 aliphatic carbocycles. The van der Waals surface area contributed by atoms with Crippen molar-refractivity contribution in [2.75, 3.05) is 7.11 Å². The predicted octanol–water partition coefficient (Wildman–Crippen LogP) is 5.77. The summed E-state index contributed by atoms with van der Waals surface area (Å²) in [5.74, 6) is 1.10. The standard InChI is InChI=1S/C28H44O5/c1-19(11-13-22-18-23(29)17-21(3)26(22)32-7)9-8-10-20(2)12-14-24(30)28(6)16-15-25(33-28)27(4,5)31/h10-11,17-18,24-25,29-31H,8-9,12-16H2,1-7H3/t24-,25+,28+/m0/s1. The third kappa shape index (κ3) is 7.87. The van der Waals surface area contributed by atoms with E-state index in [4.69, 9.17) is 9.47 Å². The predicted molar refractivity (Wildman–Crippen MR) is 134 cm³/mol. The summed E-state index contributed by atoms with van der Waals surface area (Å²) in [5, 5.41) is 30.8. The zero-order valence-electron chi connectivity index (χ0n) is 21.6. The number of rotatable bonds is 11. The van der Waals surface area contributed by atoms with E-state index in [1.165, 1.54) is 11.1 Å². The number of aromatic hydroxyl groups is 1. The molecule has 1 aromatic rings. The van der Waals surface area contributed by atoms with Crippen molar-refractivity contribution in [1.29, 1.82) is 0 Å². The molecule has 1 aliphatic rings. The number of hydrogen-bond acceptors (Lipinski definition) is 5. The van der Waals surface area contributed by atoms with E-state index < -0.39 is 17.3 Å². The Morgan fingerprint density at radius 3 is 2.52 bits per heavy atom. The molecule has 5 nitrogen and oxygen atoms in total. The summed E-state index contributed by atoms with van der Waals surface area (Å²) in [7, 11) is 1.66. The first kappa shape index (κ1) is 27.4. The maximum atomic E-state index is 10.7. The number of phenolic OH excluding ortho intramolecular Hbond substituents is 1. The minimum atomic E-state index is -0.885. The second kappa shape index (κ2) is 11.5. The average molecular weight is 461 g/mol. The Morgan fingerprint density at radius 2 is 1.91 bits per heavy atom. The van der Waals surface area contributed by atoms with E-state index in [9.17, 15) is 15.3 Å². The number of allylic oxidation sites excluding steroid dienone is 4. The molecule has 0 aromatic heterocycles. The molecule has 1 aliphatic heterocycles. The minimum Gasteiger partial charge on any atom is -0.508 e. The second-order valence-electron chi connectivity index (χ2n) is 10.5. The molecule has 3 atom stereocenters. The van der Waals surface area contributed by atoms with E-state index in [1.54, 1.807) is 33.1 Å². The van der Waals surface area contributed by atoms with Gasteiger partial charge in [-0.1, -0.05) is 23.3 Å². The lowest BCUT2D eigenvalue weighted by Crippen LogP contribution is -2.43. The molecule has 0 spiro atoms. The van der Waals surface area contributed by atoms with Crippen molar-refractivity contribution >= 4 is 0 Å². The molecule has 0 saturated carbocycles. The smallest absolute Gasteiger partial charge is 0.125 e. The molecule has 3 N–H and O–H groups in total. The number of methoxy groups -OCH3 is 1. The third-order valence-corrected chi connectivity index (χ3v) is 6.86. The van der Waals surface area contributed by atoms with Crippen LogP contribution in [0.5, 0.6) is 11.5 Å². The summed E-state index contributed by atoms with van der Waals surface area (Å²) in [6.07, 6.45) is 9.33. The fraction of sp³-hybridized carbons (Fsp3) is 0.643. The van der Waals surface area contributed by atoms with Crippen LogP contribution in [0.1, 0.15) is 84.3 Å². The number of ether oxygens (including phenoxy) is 2. The molecule has 0 radical (unpaired) electrons. The number of benzene rings is 1. The molecule has 33 heavy (non-hydrogen) atoms. The number of aryl methyl sites for hydroxylation is 1. The van der Waals surface area contributed by atoms with Crippen molar-refractivity contribution in [3.05, 3.63) is 46.6 Å². The zero-order valence-corrected chi connectivity index (χ0v) is 21.6.